The molecule has 2 rings (SSSR count). The molecule has 1 heterocycles. The van der Waals surface area contributed by atoms with Gasteiger partial charge in [0.1, 0.15) is 0 Å². The second kappa shape index (κ2) is 5.52. The van der Waals surface area contributed by atoms with Crippen LogP contribution in [-0.2, 0) is 6.18 Å². The van der Waals surface area contributed by atoms with Crippen LogP contribution in [0.2, 0.25) is 0 Å². The standard InChI is InChI=1S/C15H18F3N3/c1-9(8-19)14-10(2)20-21(11(14)3)13-6-4-5-12(7-13)15(16,17)18/h4-7,9H,8,19H2,1-3H3. The molecule has 1 aromatic carbocycles. The highest BCUT2D eigenvalue weighted by Gasteiger charge is 2.30. The Morgan fingerprint density at radius 3 is 2.52 bits per heavy atom. The number of hydrogen-bond donors (Lipinski definition) is 1. The maximum Gasteiger partial charge on any atom is 0.416 e. The van der Waals surface area contributed by atoms with Gasteiger partial charge in [-0.15, -0.1) is 0 Å². The van der Waals surface area contributed by atoms with Crippen LogP contribution in [0.15, 0.2) is 24.3 Å². The topological polar surface area (TPSA) is 43.8 Å². The summed E-state index contributed by atoms with van der Waals surface area (Å²) in [7, 11) is 0. The van der Waals surface area contributed by atoms with Gasteiger partial charge in [-0.25, -0.2) is 4.68 Å². The number of nitrogens with zero attached hydrogens (tertiary/aromatic N) is 2. The first kappa shape index (κ1) is 15.6. The first-order valence-corrected chi connectivity index (χ1v) is 6.69. The number of aryl methyl sites for hydroxylation is 1. The Morgan fingerprint density at radius 2 is 1.95 bits per heavy atom. The number of aromatic nitrogens is 2. The Bertz CT molecular complexity index is 644. The molecule has 0 saturated heterocycles. The molecule has 0 radical (unpaired) electrons. The molecule has 0 fully saturated rings. The molecule has 1 unspecified atom stereocenters. The number of benzene rings is 1. The molecule has 3 nitrogen and oxygen atoms in total. The zero-order valence-electron chi connectivity index (χ0n) is 12.2. The maximum absolute atomic E-state index is 12.8. The highest BCUT2D eigenvalue weighted by molar-refractivity contribution is 5.41. The summed E-state index contributed by atoms with van der Waals surface area (Å²) >= 11 is 0. The van der Waals surface area contributed by atoms with Crippen molar-refractivity contribution < 1.29 is 13.2 Å². The van der Waals surface area contributed by atoms with Gasteiger partial charge in [-0.1, -0.05) is 13.0 Å². The van der Waals surface area contributed by atoms with E-state index in [2.05, 4.69) is 5.10 Å². The molecule has 1 atom stereocenters. The Kier molecular flexibility index (Phi) is 4.09. The summed E-state index contributed by atoms with van der Waals surface area (Å²) in [6.45, 7) is 6.14. The van der Waals surface area contributed by atoms with Crippen LogP contribution in [0, 0.1) is 13.8 Å². The molecule has 0 saturated carbocycles. The normalized spacial score (nSPS) is 13.5. The predicted molar refractivity (Wildman–Crippen MR) is 75.5 cm³/mol. The Hall–Kier alpha value is -1.82. The third-order valence-electron chi connectivity index (χ3n) is 3.61. The molecule has 21 heavy (non-hydrogen) atoms. The van der Waals surface area contributed by atoms with Crippen LogP contribution in [0.1, 0.15) is 35.4 Å². The van der Waals surface area contributed by atoms with E-state index in [4.69, 9.17) is 5.73 Å². The lowest BCUT2D eigenvalue weighted by Gasteiger charge is -2.11. The molecule has 0 aliphatic carbocycles. The smallest absolute Gasteiger partial charge is 0.330 e. The summed E-state index contributed by atoms with van der Waals surface area (Å²) in [4.78, 5) is 0. The van der Waals surface area contributed by atoms with Crippen LogP contribution in [0.3, 0.4) is 0 Å². The molecule has 0 amide bonds. The largest absolute Gasteiger partial charge is 0.416 e. The number of rotatable bonds is 3. The SMILES string of the molecule is Cc1nn(-c2cccc(C(F)(F)F)c2)c(C)c1C(C)CN. The lowest BCUT2D eigenvalue weighted by Crippen LogP contribution is -2.11. The van der Waals surface area contributed by atoms with Crippen LogP contribution >= 0.6 is 0 Å². The summed E-state index contributed by atoms with van der Waals surface area (Å²) in [6, 6.07) is 5.17. The molecule has 2 aromatic rings. The summed E-state index contributed by atoms with van der Waals surface area (Å²) < 4.78 is 40.0. The van der Waals surface area contributed by atoms with E-state index in [1.54, 1.807) is 10.7 Å². The zero-order valence-corrected chi connectivity index (χ0v) is 12.2. The van der Waals surface area contributed by atoms with Crippen molar-refractivity contribution in [3.8, 4) is 5.69 Å². The lowest BCUT2D eigenvalue weighted by atomic mass is 9.99. The quantitative estimate of drug-likeness (QED) is 0.941. The Labute approximate surface area is 121 Å². The van der Waals surface area contributed by atoms with Crippen molar-refractivity contribution in [2.24, 2.45) is 5.73 Å². The van der Waals surface area contributed by atoms with Crippen molar-refractivity contribution in [3.05, 3.63) is 46.8 Å². The third-order valence-corrected chi connectivity index (χ3v) is 3.61. The molecular formula is C15H18F3N3. The van der Waals surface area contributed by atoms with Gasteiger partial charge in [0.2, 0.25) is 0 Å². The minimum atomic E-state index is -4.36. The van der Waals surface area contributed by atoms with E-state index in [-0.39, 0.29) is 5.92 Å². The minimum Gasteiger partial charge on any atom is -0.330 e. The van der Waals surface area contributed by atoms with Gasteiger partial charge in [0.05, 0.1) is 16.9 Å². The van der Waals surface area contributed by atoms with Crippen molar-refractivity contribution in [2.75, 3.05) is 6.54 Å². The van der Waals surface area contributed by atoms with Crippen molar-refractivity contribution in [1.29, 1.82) is 0 Å². The molecule has 0 bridgehead atoms. The number of hydrogen-bond acceptors (Lipinski definition) is 2. The monoisotopic (exact) mass is 297 g/mol. The first-order chi connectivity index (χ1) is 9.75. The van der Waals surface area contributed by atoms with E-state index in [0.717, 1.165) is 29.1 Å². The van der Waals surface area contributed by atoms with Gasteiger partial charge in [-0.3, -0.25) is 0 Å². The summed E-state index contributed by atoms with van der Waals surface area (Å²) in [5.74, 6) is 0.115. The van der Waals surface area contributed by atoms with Gasteiger partial charge in [-0.05, 0) is 44.5 Å². The van der Waals surface area contributed by atoms with E-state index in [0.29, 0.717) is 12.2 Å². The van der Waals surface area contributed by atoms with Crippen LogP contribution < -0.4 is 5.73 Å². The van der Waals surface area contributed by atoms with Crippen molar-refractivity contribution in [2.45, 2.75) is 32.9 Å². The highest BCUT2D eigenvalue weighted by atomic mass is 19.4. The zero-order chi connectivity index (χ0) is 15.8. The third kappa shape index (κ3) is 2.95. The molecule has 114 valence electrons. The van der Waals surface area contributed by atoms with Crippen LogP contribution in [0.25, 0.3) is 5.69 Å². The fourth-order valence-corrected chi connectivity index (χ4v) is 2.55. The number of alkyl halides is 3. The summed E-state index contributed by atoms with van der Waals surface area (Å²) in [6.07, 6.45) is -4.36. The molecule has 0 aliphatic heterocycles. The average molecular weight is 297 g/mol. The van der Waals surface area contributed by atoms with Gasteiger partial charge in [0, 0.05) is 11.3 Å². The molecule has 1 aromatic heterocycles. The maximum atomic E-state index is 12.8. The van der Waals surface area contributed by atoms with E-state index >= 15 is 0 Å². The lowest BCUT2D eigenvalue weighted by molar-refractivity contribution is -0.137. The van der Waals surface area contributed by atoms with Gasteiger partial charge >= 0.3 is 6.18 Å². The Balaban J connectivity index is 2.53. The van der Waals surface area contributed by atoms with Crippen molar-refractivity contribution in [1.82, 2.24) is 9.78 Å². The fourth-order valence-electron chi connectivity index (χ4n) is 2.55. The summed E-state index contributed by atoms with van der Waals surface area (Å²) in [5.41, 5.74) is 8.02. The van der Waals surface area contributed by atoms with Gasteiger partial charge in [0.15, 0.2) is 0 Å². The molecule has 0 aliphatic rings. The minimum absolute atomic E-state index is 0.115. The van der Waals surface area contributed by atoms with Gasteiger partial charge in [-0.2, -0.15) is 18.3 Å². The first-order valence-electron chi connectivity index (χ1n) is 6.69. The van der Waals surface area contributed by atoms with Crippen LogP contribution in [0.4, 0.5) is 13.2 Å². The van der Waals surface area contributed by atoms with E-state index in [1.165, 1.54) is 6.07 Å². The molecule has 2 N–H and O–H groups in total. The average Bonchev–Trinajstić information content (AvgIpc) is 2.72. The molecule has 0 spiro atoms. The predicted octanol–water partition coefficient (Wildman–Crippen LogP) is 3.57. The molecule has 6 heteroatoms. The second-order valence-corrected chi connectivity index (χ2v) is 5.18. The Morgan fingerprint density at radius 1 is 1.29 bits per heavy atom. The van der Waals surface area contributed by atoms with E-state index < -0.39 is 11.7 Å². The number of nitrogens with two attached hydrogens (primary N) is 1. The van der Waals surface area contributed by atoms with E-state index in [9.17, 15) is 13.2 Å². The van der Waals surface area contributed by atoms with Crippen LogP contribution in [-0.4, -0.2) is 16.3 Å². The van der Waals surface area contributed by atoms with Gasteiger partial charge in [0.25, 0.3) is 0 Å². The fraction of sp³-hybridized carbons (Fsp3) is 0.400. The van der Waals surface area contributed by atoms with Crippen molar-refractivity contribution >= 4 is 0 Å². The molecular weight excluding hydrogens is 279 g/mol. The van der Waals surface area contributed by atoms with Gasteiger partial charge < -0.3 is 5.73 Å². The van der Waals surface area contributed by atoms with E-state index in [1.807, 2.05) is 20.8 Å². The second-order valence-electron chi connectivity index (χ2n) is 5.18. The van der Waals surface area contributed by atoms with Crippen molar-refractivity contribution in [3.63, 3.8) is 0 Å². The van der Waals surface area contributed by atoms with Crippen LogP contribution in [0.5, 0.6) is 0 Å². The summed E-state index contributed by atoms with van der Waals surface area (Å²) in [5, 5.41) is 4.37. The highest BCUT2D eigenvalue weighted by Crippen LogP contribution is 2.31. The number of halogens is 3.